The molecule has 0 fully saturated rings. The minimum absolute atomic E-state index is 0.0388. The molecule has 2 N–H and O–H groups in total. The number of benzene rings is 1. The zero-order chi connectivity index (χ0) is 17.0. The number of nitrogens with one attached hydrogen (secondary N) is 2. The van der Waals surface area contributed by atoms with Crippen LogP contribution in [0.5, 0.6) is 0 Å². The summed E-state index contributed by atoms with van der Waals surface area (Å²) in [6.45, 7) is 3.67. The maximum absolute atomic E-state index is 12.2. The Balaban J connectivity index is 2.03. The van der Waals surface area contributed by atoms with Crippen LogP contribution >= 0.6 is 34.5 Å². The number of anilines is 1. The van der Waals surface area contributed by atoms with Crippen LogP contribution in [0.15, 0.2) is 30.3 Å². The van der Waals surface area contributed by atoms with Gasteiger partial charge in [-0.1, -0.05) is 42.3 Å². The van der Waals surface area contributed by atoms with Gasteiger partial charge in [0.15, 0.2) is 0 Å². The van der Waals surface area contributed by atoms with Crippen LogP contribution in [0, 0.1) is 0 Å². The van der Waals surface area contributed by atoms with Crippen LogP contribution in [0.4, 0.5) is 5.69 Å². The molecule has 122 valence electrons. The van der Waals surface area contributed by atoms with E-state index in [1.165, 1.54) is 0 Å². The van der Waals surface area contributed by atoms with Crippen molar-refractivity contribution < 1.29 is 9.59 Å². The summed E-state index contributed by atoms with van der Waals surface area (Å²) in [4.78, 5) is 23.6. The number of carbonyl (C=O) groups excluding carboxylic acids is 2. The first-order valence-corrected chi connectivity index (χ1v) is 8.63. The maximum atomic E-state index is 12.2. The van der Waals surface area contributed by atoms with E-state index in [0.717, 1.165) is 22.6 Å². The topological polar surface area (TPSA) is 58.2 Å². The highest BCUT2D eigenvalue weighted by Gasteiger charge is 2.17. The lowest BCUT2D eigenvalue weighted by Gasteiger charge is -2.15. The molecule has 4 nitrogen and oxygen atoms in total. The quantitative estimate of drug-likeness (QED) is 0.786. The van der Waals surface area contributed by atoms with Gasteiger partial charge in [-0.05, 0) is 30.7 Å². The molecule has 0 aliphatic rings. The van der Waals surface area contributed by atoms with E-state index in [2.05, 4.69) is 10.6 Å². The molecule has 2 amide bonds. The van der Waals surface area contributed by atoms with Gasteiger partial charge in [0.2, 0.25) is 5.91 Å². The monoisotopic (exact) mass is 370 g/mol. The molecule has 0 aliphatic heterocycles. The zero-order valence-electron chi connectivity index (χ0n) is 12.7. The first kappa shape index (κ1) is 17.8. The first-order chi connectivity index (χ1) is 10.9. The van der Waals surface area contributed by atoms with Crippen molar-refractivity contribution >= 4 is 52.0 Å². The molecule has 0 radical (unpaired) electrons. The van der Waals surface area contributed by atoms with Gasteiger partial charge >= 0.3 is 0 Å². The van der Waals surface area contributed by atoms with Crippen molar-refractivity contribution in [3.05, 3.63) is 50.1 Å². The molecule has 1 aromatic heterocycles. The van der Waals surface area contributed by atoms with Gasteiger partial charge in [0.05, 0.1) is 15.9 Å². The minimum atomic E-state index is -0.269. The van der Waals surface area contributed by atoms with E-state index < -0.39 is 0 Å². The van der Waals surface area contributed by atoms with Crippen LogP contribution in [0.25, 0.3) is 0 Å². The minimum Gasteiger partial charge on any atom is -0.345 e. The Kier molecular flexibility index (Phi) is 6.04. The summed E-state index contributed by atoms with van der Waals surface area (Å²) in [6.07, 6.45) is 0.429. The van der Waals surface area contributed by atoms with E-state index in [1.54, 1.807) is 25.1 Å². The summed E-state index contributed by atoms with van der Waals surface area (Å²) < 4.78 is 0.848. The average molecular weight is 371 g/mol. The van der Waals surface area contributed by atoms with Crippen molar-refractivity contribution in [3.8, 4) is 0 Å². The molecule has 0 bridgehead atoms. The van der Waals surface area contributed by atoms with Gasteiger partial charge in [0.25, 0.3) is 5.91 Å². The van der Waals surface area contributed by atoms with Crippen molar-refractivity contribution in [1.29, 1.82) is 0 Å². The fraction of sp³-hybridized carbons (Fsp3) is 0.250. The molecule has 0 saturated heterocycles. The number of thiophene rings is 1. The molecule has 1 aromatic carbocycles. The van der Waals surface area contributed by atoms with E-state index >= 15 is 0 Å². The highest BCUT2D eigenvalue weighted by Crippen LogP contribution is 2.31. The second-order valence-corrected chi connectivity index (χ2v) is 7.24. The highest BCUT2D eigenvalue weighted by molar-refractivity contribution is 7.20. The summed E-state index contributed by atoms with van der Waals surface area (Å²) in [7, 11) is 0. The van der Waals surface area contributed by atoms with Gasteiger partial charge in [-0.2, -0.15) is 0 Å². The van der Waals surface area contributed by atoms with Crippen molar-refractivity contribution in [3.63, 3.8) is 0 Å². The van der Waals surface area contributed by atoms with Crippen LogP contribution in [0.2, 0.25) is 8.67 Å². The molecular formula is C16H16Cl2N2O2S. The second kappa shape index (κ2) is 7.81. The molecule has 7 heteroatoms. The number of hydrogen-bond acceptors (Lipinski definition) is 3. The first-order valence-electron chi connectivity index (χ1n) is 7.06. The SMILES string of the molecule is CCC(=O)Nc1ccc(C(C)NC(=O)c2cc(Cl)sc2Cl)cc1. The fourth-order valence-electron chi connectivity index (χ4n) is 1.96. The predicted molar refractivity (Wildman–Crippen MR) is 95.6 cm³/mol. The van der Waals surface area contributed by atoms with Gasteiger partial charge in [-0.15, -0.1) is 11.3 Å². The summed E-state index contributed by atoms with van der Waals surface area (Å²) in [5.74, 6) is -0.308. The predicted octanol–water partition coefficient (Wildman–Crippen LogP) is 4.89. The zero-order valence-corrected chi connectivity index (χ0v) is 15.0. The Morgan fingerprint density at radius 2 is 1.87 bits per heavy atom. The summed E-state index contributed by atoms with van der Waals surface area (Å²) >= 11 is 13.0. The lowest BCUT2D eigenvalue weighted by molar-refractivity contribution is -0.115. The third kappa shape index (κ3) is 4.70. The summed E-state index contributed by atoms with van der Waals surface area (Å²) in [5.41, 5.74) is 2.03. The third-order valence-electron chi connectivity index (χ3n) is 3.26. The van der Waals surface area contributed by atoms with Crippen molar-refractivity contribution in [2.75, 3.05) is 5.32 Å². The van der Waals surface area contributed by atoms with Crippen molar-refractivity contribution in [2.45, 2.75) is 26.3 Å². The summed E-state index contributed by atoms with van der Waals surface area (Å²) in [5, 5.41) is 5.65. The molecule has 1 unspecified atom stereocenters. The molecule has 2 rings (SSSR count). The molecule has 0 aliphatic carbocycles. The lowest BCUT2D eigenvalue weighted by atomic mass is 10.1. The van der Waals surface area contributed by atoms with Crippen LogP contribution < -0.4 is 10.6 Å². The number of halogens is 2. The number of hydrogen-bond donors (Lipinski definition) is 2. The van der Waals surface area contributed by atoms with Crippen LogP contribution in [-0.4, -0.2) is 11.8 Å². The average Bonchev–Trinajstić information content (AvgIpc) is 2.86. The van der Waals surface area contributed by atoms with Gasteiger partial charge in [0.1, 0.15) is 4.34 Å². The second-order valence-electron chi connectivity index (χ2n) is 4.96. The normalized spacial score (nSPS) is 11.8. The Morgan fingerprint density at radius 1 is 1.22 bits per heavy atom. The molecule has 0 saturated carbocycles. The highest BCUT2D eigenvalue weighted by atomic mass is 35.5. The van der Waals surface area contributed by atoms with Crippen LogP contribution in [0.3, 0.4) is 0 Å². The number of carbonyl (C=O) groups is 2. The van der Waals surface area contributed by atoms with Gasteiger partial charge in [0, 0.05) is 12.1 Å². The van der Waals surface area contributed by atoms with Crippen molar-refractivity contribution in [1.82, 2.24) is 5.32 Å². The van der Waals surface area contributed by atoms with Crippen LogP contribution in [0.1, 0.15) is 42.2 Å². The van der Waals surface area contributed by atoms with Gasteiger partial charge < -0.3 is 10.6 Å². The Labute approximate surface area is 148 Å². The third-order valence-corrected chi connectivity index (χ3v) is 4.75. The van der Waals surface area contributed by atoms with E-state index in [0.29, 0.717) is 20.7 Å². The Hall–Kier alpha value is -1.56. The Bertz CT molecular complexity index is 713. The maximum Gasteiger partial charge on any atom is 0.254 e. The van der Waals surface area contributed by atoms with Gasteiger partial charge in [-0.3, -0.25) is 9.59 Å². The van der Waals surface area contributed by atoms with E-state index in [-0.39, 0.29) is 17.9 Å². The molecule has 0 spiro atoms. The molecule has 23 heavy (non-hydrogen) atoms. The standard InChI is InChI=1S/C16H16Cl2N2O2S/c1-3-14(21)20-11-6-4-10(5-7-11)9(2)19-16(22)12-8-13(17)23-15(12)18/h4-9H,3H2,1-2H3,(H,19,22)(H,20,21). The smallest absolute Gasteiger partial charge is 0.254 e. The lowest BCUT2D eigenvalue weighted by Crippen LogP contribution is -2.26. The van der Waals surface area contributed by atoms with E-state index in [1.807, 2.05) is 19.1 Å². The molecule has 1 heterocycles. The summed E-state index contributed by atoms with van der Waals surface area (Å²) in [6, 6.07) is 8.68. The van der Waals surface area contributed by atoms with Gasteiger partial charge in [-0.25, -0.2) is 0 Å². The molecule has 2 aromatic rings. The van der Waals surface area contributed by atoms with E-state index in [4.69, 9.17) is 23.2 Å². The van der Waals surface area contributed by atoms with Crippen LogP contribution in [-0.2, 0) is 4.79 Å². The largest absolute Gasteiger partial charge is 0.345 e. The molecule has 1 atom stereocenters. The fourth-order valence-corrected chi connectivity index (χ4v) is 3.42. The Morgan fingerprint density at radius 3 is 2.39 bits per heavy atom. The number of rotatable bonds is 5. The van der Waals surface area contributed by atoms with Crippen molar-refractivity contribution in [2.24, 2.45) is 0 Å². The number of amides is 2. The van der Waals surface area contributed by atoms with E-state index in [9.17, 15) is 9.59 Å². The molecular weight excluding hydrogens is 355 g/mol.